The highest BCUT2D eigenvalue weighted by Crippen LogP contribution is 2.13. The van der Waals surface area contributed by atoms with Crippen LogP contribution >= 0.6 is 15.9 Å². The number of alkyl halides is 1. The summed E-state index contributed by atoms with van der Waals surface area (Å²) in [6.07, 6.45) is 4.61. The molecular weight excluding hydrogens is 176 g/mol. The molecule has 0 fully saturated rings. The zero-order valence-corrected chi connectivity index (χ0v) is 7.95. The SMILES string of the molecule is [2H][C@@H](CCCC)[C@H](Br)CC. The van der Waals surface area contributed by atoms with Crippen LogP contribution in [0.2, 0.25) is 0 Å². The molecule has 2 atom stereocenters. The molecule has 0 aliphatic heterocycles. The van der Waals surface area contributed by atoms with Gasteiger partial charge >= 0.3 is 0 Å². The summed E-state index contributed by atoms with van der Waals surface area (Å²) in [4.78, 5) is 0.402. The van der Waals surface area contributed by atoms with Gasteiger partial charge in [-0.1, -0.05) is 49.0 Å². The van der Waals surface area contributed by atoms with Crippen molar-refractivity contribution >= 4 is 15.9 Å². The van der Waals surface area contributed by atoms with Crippen LogP contribution in [0.15, 0.2) is 0 Å². The van der Waals surface area contributed by atoms with Crippen LogP contribution in [0, 0.1) is 0 Å². The Kier molecular flexibility index (Phi) is 5.56. The molecule has 0 aromatic rings. The molecule has 0 radical (unpaired) electrons. The second-order valence-corrected chi connectivity index (χ2v) is 3.48. The van der Waals surface area contributed by atoms with Crippen molar-refractivity contribution < 1.29 is 1.37 Å². The van der Waals surface area contributed by atoms with Crippen molar-refractivity contribution in [2.24, 2.45) is 0 Å². The Morgan fingerprint density at radius 2 is 2.11 bits per heavy atom. The fourth-order valence-corrected chi connectivity index (χ4v) is 0.934. The van der Waals surface area contributed by atoms with Crippen LogP contribution in [0.3, 0.4) is 0 Å². The predicted octanol–water partition coefficient (Wildman–Crippen LogP) is 3.74. The van der Waals surface area contributed by atoms with Crippen molar-refractivity contribution in [2.75, 3.05) is 0 Å². The Balaban J connectivity index is 3.31. The van der Waals surface area contributed by atoms with E-state index in [0.717, 1.165) is 12.8 Å². The maximum Gasteiger partial charge on any atom is 0.0278 e. The maximum atomic E-state index is 7.63. The van der Waals surface area contributed by atoms with Crippen molar-refractivity contribution in [3.05, 3.63) is 0 Å². The van der Waals surface area contributed by atoms with E-state index in [1.807, 2.05) is 0 Å². The number of hydrogen-bond acceptors (Lipinski definition) is 0. The topological polar surface area (TPSA) is 0 Å². The molecule has 0 unspecified atom stereocenters. The summed E-state index contributed by atoms with van der Waals surface area (Å²) >= 11 is 3.48. The number of hydrogen-bond donors (Lipinski definition) is 0. The summed E-state index contributed by atoms with van der Waals surface area (Å²) in [5.74, 6) is 0. The molecule has 56 valence electrons. The van der Waals surface area contributed by atoms with Gasteiger partial charge in [0.2, 0.25) is 0 Å². The maximum absolute atomic E-state index is 7.63. The monoisotopic (exact) mass is 193 g/mol. The van der Waals surface area contributed by atoms with E-state index >= 15 is 0 Å². The minimum absolute atomic E-state index is 0.102. The zero-order valence-electron chi connectivity index (χ0n) is 7.36. The van der Waals surface area contributed by atoms with Crippen LogP contribution in [0.25, 0.3) is 0 Å². The third-order valence-electron chi connectivity index (χ3n) is 1.37. The van der Waals surface area contributed by atoms with E-state index < -0.39 is 0 Å². The van der Waals surface area contributed by atoms with E-state index in [0.29, 0.717) is 4.83 Å². The van der Waals surface area contributed by atoms with Crippen LogP contribution in [-0.4, -0.2) is 4.83 Å². The minimum Gasteiger partial charge on any atom is -0.0891 e. The second-order valence-electron chi connectivity index (χ2n) is 2.30. The van der Waals surface area contributed by atoms with Crippen LogP contribution in [0.4, 0.5) is 0 Å². The predicted molar refractivity (Wildman–Crippen MR) is 47.1 cm³/mol. The van der Waals surface area contributed by atoms with Gasteiger partial charge < -0.3 is 0 Å². The van der Waals surface area contributed by atoms with Crippen molar-refractivity contribution in [1.29, 1.82) is 0 Å². The summed E-state index contributed by atoms with van der Waals surface area (Å²) in [5, 5.41) is 0. The van der Waals surface area contributed by atoms with Gasteiger partial charge in [-0.25, -0.2) is 0 Å². The Morgan fingerprint density at radius 1 is 1.44 bits per heavy atom. The summed E-state index contributed by atoms with van der Waals surface area (Å²) in [6, 6.07) is 0. The molecule has 0 saturated heterocycles. The molecule has 0 spiro atoms. The van der Waals surface area contributed by atoms with Crippen molar-refractivity contribution in [3.63, 3.8) is 0 Å². The Labute approximate surface area is 68.6 Å². The quantitative estimate of drug-likeness (QED) is 0.585. The molecule has 0 aliphatic carbocycles. The van der Waals surface area contributed by atoms with Gasteiger partial charge in [-0.15, -0.1) is 0 Å². The van der Waals surface area contributed by atoms with Crippen LogP contribution in [-0.2, 0) is 0 Å². The largest absolute Gasteiger partial charge is 0.0891 e. The van der Waals surface area contributed by atoms with Gasteiger partial charge in [0.1, 0.15) is 0 Å². The molecule has 0 aromatic carbocycles. The van der Waals surface area contributed by atoms with Crippen molar-refractivity contribution in [1.82, 2.24) is 0 Å². The molecule has 0 aromatic heterocycles. The van der Waals surface area contributed by atoms with Crippen molar-refractivity contribution in [3.8, 4) is 0 Å². The lowest BCUT2D eigenvalue weighted by Crippen LogP contribution is -1.93. The van der Waals surface area contributed by atoms with Crippen molar-refractivity contribution in [2.45, 2.75) is 50.8 Å². The molecule has 0 heterocycles. The first-order valence-electron chi connectivity index (χ1n) is 4.36. The first kappa shape index (κ1) is 7.59. The Morgan fingerprint density at radius 3 is 2.56 bits per heavy atom. The lowest BCUT2D eigenvalue weighted by Gasteiger charge is -2.03. The molecule has 0 saturated carbocycles. The Hall–Kier alpha value is 0.480. The fraction of sp³-hybridized carbons (Fsp3) is 1.00. The fourth-order valence-electron chi connectivity index (χ4n) is 0.669. The van der Waals surface area contributed by atoms with Crippen LogP contribution in [0.5, 0.6) is 0 Å². The van der Waals surface area contributed by atoms with E-state index in [1.54, 1.807) is 0 Å². The second kappa shape index (κ2) is 6.60. The summed E-state index contributed by atoms with van der Waals surface area (Å²) in [6.45, 7) is 4.29. The third kappa shape index (κ3) is 6.36. The number of rotatable bonds is 5. The van der Waals surface area contributed by atoms with E-state index in [2.05, 4.69) is 29.8 Å². The molecule has 0 N–H and O–H groups in total. The average Bonchev–Trinajstić information content (AvgIpc) is 1.98. The highest BCUT2D eigenvalue weighted by molar-refractivity contribution is 9.09. The first-order chi connectivity index (χ1) is 4.72. The van der Waals surface area contributed by atoms with Gasteiger partial charge in [0.05, 0.1) is 0 Å². The molecule has 0 bridgehead atoms. The minimum atomic E-state index is 0.102. The molecule has 0 aliphatic rings. The smallest absolute Gasteiger partial charge is 0.0278 e. The first-order valence-corrected chi connectivity index (χ1v) is 4.70. The third-order valence-corrected chi connectivity index (χ3v) is 2.39. The highest BCUT2D eigenvalue weighted by atomic mass is 79.9. The van der Waals surface area contributed by atoms with E-state index in [1.165, 1.54) is 12.8 Å². The van der Waals surface area contributed by atoms with E-state index in [-0.39, 0.29) is 6.40 Å². The van der Waals surface area contributed by atoms with Gasteiger partial charge in [0.15, 0.2) is 0 Å². The average molecular weight is 194 g/mol. The van der Waals surface area contributed by atoms with E-state index in [4.69, 9.17) is 1.37 Å². The van der Waals surface area contributed by atoms with Gasteiger partial charge in [-0.3, -0.25) is 0 Å². The lowest BCUT2D eigenvalue weighted by atomic mass is 10.1. The number of halogens is 1. The standard InChI is InChI=1S/C8H17Br/c1-3-5-6-7-8(9)4-2/h8H,3-7H2,1-2H3/t8-/m1/s1/i7D/t7-,8+/m0. The zero-order chi connectivity index (χ0) is 7.98. The summed E-state index contributed by atoms with van der Waals surface area (Å²) in [5.41, 5.74) is 0. The van der Waals surface area contributed by atoms with Crippen LogP contribution < -0.4 is 0 Å². The Bertz CT molecular complexity index is 75.7. The highest BCUT2D eigenvalue weighted by Gasteiger charge is 1.97. The van der Waals surface area contributed by atoms with E-state index in [9.17, 15) is 0 Å². The van der Waals surface area contributed by atoms with Crippen LogP contribution in [0.1, 0.15) is 47.3 Å². The molecule has 0 amide bonds. The molecule has 0 nitrogen and oxygen atoms in total. The van der Waals surface area contributed by atoms with Gasteiger partial charge in [-0.2, -0.15) is 0 Å². The molecular formula is C8H17Br. The van der Waals surface area contributed by atoms with Gasteiger partial charge in [-0.05, 0) is 12.8 Å². The molecule has 9 heavy (non-hydrogen) atoms. The van der Waals surface area contributed by atoms with Gasteiger partial charge in [0.25, 0.3) is 0 Å². The lowest BCUT2D eigenvalue weighted by molar-refractivity contribution is 0.641. The normalized spacial score (nSPS) is 18.8. The molecule has 1 heteroatoms. The van der Waals surface area contributed by atoms with Gasteiger partial charge in [0, 0.05) is 6.20 Å². The summed E-state index contributed by atoms with van der Waals surface area (Å²) in [7, 11) is 0. The number of unbranched alkanes of at least 4 members (excludes halogenated alkanes) is 1. The summed E-state index contributed by atoms with van der Waals surface area (Å²) < 4.78 is 7.63. The molecule has 0 rings (SSSR count).